The van der Waals surface area contributed by atoms with E-state index in [9.17, 15) is 8.78 Å². The van der Waals surface area contributed by atoms with E-state index in [2.05, 4.69) is 24.2 Å². The lowest BCUT2D eigenvalue weighted by atomic mass is 10.1. The molecule has 1 heterocycles. The molecule has 2 atom stereocenters. The zero-order valence-electron chi connectivity index (χ0n) is 20.4. The fourth-order valence-corrected chi connectivity index (χ4v) is 2.43. The van der Waals surface area contributed by atoms with Gasteiger partial charge in [-0.15, -0.1) is 0 Å². The predicted octanol–water partition coefficient (Wildman–Crippen LogP) is 7.14. The summed E-state index contributed by atoms with van der Waals surface area (Å²) in [4.78, 5) is 2.46. The number of rotatable bonds is 6. The average molecular weight is 385 g/mol. The van der Waals surface area contributed by atoms with Crippen molar-refractivity contribution in [1.82, 2.24) is 10.2 Å². The molecule has 1 fully saturated rings. The lowest BCUT2D eigenvalue weighted by Gasteiger charge is -2.16. The maximum atomic E-state index is 12.8. The first-order valence-corrected chi connectivity index (χ1v) is 10.9. The molecule has 1 rings (SSSR count). The van der Waals surface area contributed by atoms with Crippen LogP contribution in [-0.4, -0.2) is 51.5 Å². The van der Waals surface area contributed by atoms with E-state index in [-0.39, 0.29) is 0 Å². The molecule has 1 N–H and O–H groups in total. The number of nitrogens with one attached hydrogen (secondary N) is 1. The largest absolute Gasteiger partial charge is 0.320 e. The van der Waals surface area contributed by atoms with Crippen molar-refractivity contribution < 1.29 is 8.78 Å². The van der Waals surface area contributed by atoms with Crippen molar-refractivity contribution >= 4 is 0 Å². The van der Waals surface area contributed by atoms with Gasteiger partial charge in [-0.05, 0) is 65.2 Å². The molecular formula is C22H54F2N2. The molecule has 0 spiro atoms. The highest BCUT2D eigenvalue weighted by atomic mass is 19.1. The Morgan fingerprint density at radius 1 is 1.04 bits per heavy atom. The molecule has 0 aromatic rings. The van der Waals surface area contributed by atoms with Gasteiger partial charge in [-0.1, -0.05) is 62.3 Å². The molecule has 0 aromatic heterocycles. The average Bonchev–Trinajstić information content (AvgIpc) is 3.11. The zero-order chi connectivity index (χ0) is 22.0. The van der Waals surface area contributed by atoms with Crippen molar-refractivity contribution in [2.75, 3.05) is 34.4 Å². The lowest BCUT2D eigenvalue weighted by Crippen LogP contribution is -2.23. The van der Waals surface area contributed by atoms with Gasteiger partial charge in [-0.2, -0.15) is 0 Å². The fourth-order valence-electron chi connectivity index (χ4n) is 2.43. The number of hydrogen-bond acceptors (Lipinski definition) is 2. The first kappa shape index (κ1) is 36.7. The molecule has 2 unspecified atom stereocenters. The summed E-state index contributed by atoms with van der Waals surface area (Å²) in [5, 5.41) is 2.93. The van der Waals surface area contributed by atoms with Crippen LogP contribution in [0.4, 0.5) is 8.78 Å². The SMILES string of the molecule is CC.CC.CC.CCC1CCCN1C.CF.CNCCC(F)CC(C)C. The van der Waals surface area contributed by atoms with E-state index in [0.29, 0.717) is 25.9 Å². The Morgan fingerprint density at radius 3 is 1.73 bits per heavy atom. The zero-order valence-corrected chi connectivity index (χ0v) is 20.4. The van der Waals surface area contributed by atoms with E-state index in [1.165, 1.54) is 25.8 Å². The molecule has 0 radical (unpaired) electrons. The van der Waals surface area contributed by atoms with Crippen molar-refractivity contribution in [2.45, 2.75) is 107 Å². The molecular weight excluding hydrogens is 330 g/mol. The number of nitrogens with zero attached hydrogens (tertiary/aromatic N) is 1. The van der Waals surface area contributed by atoms with Crippen molar-refractivity contribution in [3.63, 3.8) is 0 Å². The van der Waals surface area contributed by atoms with Crippen LogP contribution in [-0.2, 0) is 0 Å². The highest BCUT2D eigenvalue weighted by molar-refractivity contribution is 4.73. The van der Waals surface area contributed by atoms with Gasteiger partial charge >= 0.3 is 0 Å². The number of hydrogen-bond donors (Lipinski definition) is 1. The highest BCUT2D eigenvalue weighted by Crippen LogP contribution is 2.16. The van der Waals surface area contributed by atoms with E-state index in [0.717, 1.165) is 12.6 Å². The Bertz CT molecular complexity index is 191. The topological polar surface area (TPSA) is 15.3 Å². The fraction of sp³-hybridized carbons (Fsp3) is 1.00. The van der Waals surface area contributed by atoms with Gasteiger partial charge in [-0.3, -0.25) is 4.39 Å². The van der Waals surface area contributed by atoms with Crippen LogP contribution in [0, 0.1) is 5.92 Å². The van der Waals surface area contributed by atoms with Crippen molar-refractivity contribution in [3.8, 4) is 0 Å². The summed E-state index contributed by atoms with van der Waals surface area (Å²) >= 11 is 0. The summed E-state index contributed by atoms with van der Waals surface area (Å²) in [5.74, 6) is 0.479. The van der Waals surface area contributed by atoms with Crippen LogP contribution in [0.2, 0.25) is 0 Å². The third-order valence-corrected chi connectivity index (χ3v) is 3.58. The van der Waals surface area contributed by atoms with Gasteiger partial charge in [0.2, 0.25) is 0 Å². The van der Waals surface area contributed by atoms with Crippen LogP contribution in [0.1, 0.15) is 94.4 Å². The van der Waals surface area contributed by atoms with E-state index < -0.39 is 6.17 Å². The summed E-state index contributed by atoms with van der Waals surface area (Å²) in [7, 11) is 4.57. The van der Waals surface area contributed by atoms with Gasteiger partial charge in [0.15, 0.2) is 0 Å². The minimum Gasteiger partial charge on any atom is -0.320 e. The van der Waals surface area contributed by atoms with Gasteiger partial charge in [0.05, 0.1) is 7.18 Å². The first-order chi connectivity index (χ1) is 12.5. The van der Waals surface area contributed by atoms with Crippen LogP contribution in [0.5, 0.6) is 0 Å². The van der Waals surface area contributed by atoms with Gasteiger partial charge in [0.25, 0.3) is 0 Å². The Hall–Kier alpha value is -0.220. The molecule has 0 aliphatic carbocycles. The maximum absolute atomic E-state index is 12.8. The monoisotopic (exact) mass is 384 g/mol. The number of halogens is 2. The van der Waals surface area contributed by atoms with Crippen molar-refractivity contribution in [2.24, 2.45) is 5.92 Å². The highest BCUT2D eigenvalue weighted by Gasteiger charge is 2.17. The summed E-state index contributed by atoms with van der Waals surface area (Å²) < 4.78 is 22.3. The molecule has 166 valence electrons. The normalized spacial score (nSPS) is 16.0. The van der Waals surface area contributed by atoms with Crippen molar-refractivity contribution in [1.29, 1.82) is 0 Å². The van der Waals surface area contributed by atoms with Gasteiger partial charge < -0.3 is 10.2 Å². The Labute approximate surface area is 166 Å². The van der Waals surface area contributed by atoms with E-state index in [4.69, 9.17) is 0 Å². The van der Waals surface area contributed by atoms with Gasteiger partial charge in [0, 0.05) is 6.04 Å². The molecule has 1 aliphatic rings. The predicted molar refractivity (Wildman–Crippen MR) is 120 cm³/mol. The second-order valence-electron chi connectivity index (χ2n) is 5.80. The molecule has 26 heavy (non-hydrogen) atoms. The minimum atomic E-state index is -0.618. The molecule has 0 aromatic carbocycles. The maximum Gasteiger partial charge on any atom is 0.102 e. The van der Waals surface area contributed by atoms with E-state index in [1.807, 2.05) is 62.4 Å². The van der Waals surface area contributed by atoms with Crippen LogP contribution in [0.15, 0.2) is 0 Å². The molecule has 2 nitrogen and oxygen atoms in total. The second-order valence-corrected chi connectivity index (χ2v) is 5.80. The third kappa shape index (κ3) is 31.5. The molecule has 0 bridgehead atoms. The third-order valence-electron chi connectivity index (χ3n) is 3.58. The Morgan fingerprint density at radius 2 is 1.50 bits per heavy atom. The Kier molecular flexibility index (Phi) is 50.5. The summed E-state index contributed by atoms with van der Waals surface area (Å²) in [6.45, 7) is 20.5. The van der Waals surface area contributed by atoms with Gasteiger partial charge in [0.1, 0.15) is 6.17 Å². The van der Waals surface area contributed by atoms with E-state index in [1.54, 1.807) is 0 Å². The summed E-state index contributed by atoms with van der Waals surface area (Å²) in [5.41, 5.74) is 0. The van der Waals surface area contributed by atoms with E-state index >= 15 is 0 Å². The lowest BCUT2D eigenvalue weighted by molar-refractivity contribution is 0.266. The Balaban J connectivity index is -0.0000000822. The van der Waals surface area contributed by atoms with Crippen LogP contribution < -0.4 is 5.32 Å². The smallest absolute Gasteiger partial charge is 0.102 e. The molecule has 4 heteroatoms. The van der Waals surface area contributed by atoms with Crippen LogP contribution in [0.3, 0.4) is 0 Å². The second kappa shape index (κ2) is 35.8. The minimum absolute atomic E-state index is 0.479. The standard InChI is InChI=1S/C8H18FN.C7H15N.3C2H6.CH3F/c1-7(2)6-8(9)4-5-10-3;1-3-7-5-4-6-8(7)2;4*1-2/h7-8,10H,4-6H2,1-3H3;7H,3-6H2,1-2H3;3*1-2H3;1H3. The van der Waals surface area contributed by atoms with Crippen LogP contribution in [0.25, 0.3) is 0 Å². The van der Waals surface area contributed by atoms with Crippen molar-refractivity contribution in [3.05, 3.63) is 0 Å². The van der Waals surface area contributed by atoms with Gasteiger partial charge in [-0.25, -0.2) is 4.39 Å². The molecule has 1 saturated heterocycles. The molecule has 0 amide bonds. The quantitative estimate of drug-likeness (QED) is 0.523. The van der Waals surface area contributed by atoms with Crippen LogP contribution >= 0.6 is 0 Å². The number of alkyl halides is 2. The summed E-state index contributed by atoms with van der Waals surface area (Å²) in [6.07, 6.45) is 4.89. The number of likely N-dealkylation sites (tertiary alicyclic amines) is 1. The summed E-state index contributed by atoms with van der Waals surface area (Å²) in [6, 6.07) is 0.898. The first-order valence-electron chi connectivity index (χ1n) is 10.9. The molecule has 0 saturated carbocycles. The molecule has 1 aliphatic heterocycles.